The molecule has 1 aromatic carbocycles. The van der Waals surface area contributed by atoms with Crippen LogP contribution in [0.3, 0.4) is 0 Å². The molecule has 0 saturated carbocycles. The monoisotopic (exact) mass is 283 g/mol. The van der Waals surface area contributed by atoms with Gasteiger partial charge >= 0.3 is 0 Å². The molecule has 114 valence electrons. The molecule has 0 unspecified atom stereocenters. The maximum absolute atomic E-state index is 10.6. The van der Waals surface area contributed by atoms with Crippen LogP contribution in [0.4, 0.5) is 5.69 Å². The van der Waals surface area contributed by atoms with Gasteiger partial charge in [-0.2, -0.15) is 0 Å². The van der Waals surface area contributed by atoms with E-state index in [9.17, 15) is 10.1 Å². The van der Waals surface area contributed by atoms with Crippen LogP contribution in [0.2, 0.25) is 0 Å². The number of nitro groups is 1. The highest BCUT2D eigenvalue weighted by molar-refractivity contribution is 5.35. The second-order valence-electron chi connectivity index (χ2n) is 4.73. The first-order valence-electron chi connectivity index (χ1n) is 6.79. The third kappa shape index (κ3) is 6.12. The molecular weight excluding hydrogens is 258 g/mol. The lowest BCUT2D eigenvalue weighted by Crippen LogP contribution is -2.25. The Morgan fingerprint density at radius 2 is 1.70 bits per heavy atom. The molecule has 0 aliphatic rings. The zero-order chi connectivity index (χ0) is 15.6. The van der Waals surface area contributed by atoms with Crippen LogP contribution in [-0.4, -0.2) is 31.9 Å². The van der Waals surface area contributed by atoms with Gasteiger partial charge in [0.25, 0.3) is 5.69 Å². The lowest BCUT2D eigenvalue weighted by molar-refractivity contribution is -0.384. The normalized spacial score (nSPS) is 10.7. The highest BCUT2D eigenvalue weighted by Crippen LogP contribution is 2.25. The molecule has 0 amide bonds. The number of nitro benzene ring substituents is 1. The number of benzene rings is 1. The lowest BCUT2D eigenvalue weighted by Gasteiger charge is -2.24. The summed E-state index contributed by atoms with van der Waals surface area (Å²) in [5.41, 5.74) is 0.948. The van der Waals surface area contributed by atoms with Crippen LogP contribution in [0.25, 0.3) is 0 Å². The van der Waals surface area contributed by atoms with Crippen molar-refractivity contribution in [3.63, 3.8) is 0 Å². The van der Waals surface area contributed by atoms with Gasteiger partial charge in [-0.15, -0.1) is 0 Å². The van der Waals surface area contributed by atoms with E-state index < -0.39 is 4.92 Å². The molecule has 0 atom stereocenters. The summed E-state index contributed by atoms with van der Waals surface area (Å²) in [6.07, 6.45) is 0. The number of rotatable bonds is 7. The fourth-order valence-corrected chi connectivity index (χ4v) is 1.59. The topological polar surface area (TPSA) is 61.6 Å². The Balaban J connectivity index is 0.00000172. The van der Waals surface area contributed by atoms with Gasteiger partial charge in [-0.25, -0.2) is 0 Å². The van der Waals surface area contributed by atoms with Crippen molar-refractivity contribution in [2.75, 3.05) is 26.9 Å². The number of non-ortho nitro benzene ring substituents is 1. The minimum atomic E-state index is -0.397. The van der Waals surface area contributed by atoms with Gasteiger partial charge in [-0.1, -0.05) is 39.8 Å². The summed E-state index contributed by atoms with van der Waals surface area (Å²) in [5.74, 6) is 0. The summed E-state index contributed by atoms with van der Waals surface area (Å²) in [6, 6.07) is 6.59. The third-order valence-corrected chi connectivity index (χ3v) is 2.75. The minimum absolute atomic E-state index is 0.106. The summed E-state index contributed by atoms with van der Waals surface area (Å²) in [4.78, 5) is 10.2. The molecular formula is C15H25NO4. The molecule has 0 saturated heterocycles. The Bertz CT molecular complexity index is 387. The van der Waals surface area contributed by atoms with Gasteiger partial charge in [0, 0.05) is 24.7 Å². The van der Waals surface area contributed by atoms with Gasteiger partial charge in [-0.3, -0.25) is 10.1 Å². The first-order chi connectivity index (χ1) is 9.47. The maximum Gasteiger partial charge on any atom is 0.269 e. The van der Waals surface area contributed by atoms with Gasteiger partial charge < -0.3 is 9.47 Å². The number of hydrogen-bond acceptors (Lipinski definition) is 4. The Morgan fingerprint density at radius 1 is 1.15 bits per heavy atom. The first kappa shape index (κ1) is 18.5. The average molecular weight is 283 g/mol. The fraction of sp³-hybridized carbons (Fsp3) is 0.600. The molecule has 0 bridgehead atoms. The number of nitrogens with zero attached hydrogens (tertiary/aromatic N) is 1. The predicted molar refractivity (Wildman–Crippen MR) is 80.2 cm³/mol. The lowest BCUT2D eigenvalue weighted by atomic mass is 9.85. The van der Waals surface area contributed by atoms with Crippen molar-refractivity contribution in [2.24, 2.45) is 0 Å². The minimum Gasteiger partial charge on any atom is -0.382 e. The molecule has 1 aromatic rings. The summed E-state index contributed by atoms with van der Waals surface area (Å²) in [7, 11) is 1.63. The summed E-state index contributed by atoms with van der Waals surface area (Å²) in [6.45, 7) is 9.75. The van der Waals surface area contributed by atoms with Gasteiger partial charge in [0.1, 0.15) is 0 Å². The van der Waals surface area contributed by atoms with E-state index in [0.29, 0.717) is 19.8 Å². The predicted octanol–water partition coefficient (Wildman–Crippen LogP) is 3.56. The van der Waals surface area contributed by atoms with Crippen molar-refractivity contribution in [3.05, 3.63) is 39.9 Å². The molecule has 1 rings (SSSR count). The molecule has 0 N–H and O–H groups in total. The van der Waals surface area contributed by atoms with Crippen LogP contribution in [0.1, 0.15) is 33.3 Å². The second kappa shape index (κ2) is 9.44. The molecule has 0 aliphatic carbocycles. The van der Waals surface area contributed by atoms with E-state index in [1.807, 2.05) is 27.7 Å². The highest BCUT2D eigenvalue weighted by atomic mass is 16.6. The number of hydrogen-bond donors (Lipinski definition) is 0. The Hall–Kier alpha value is -1.46. The van der Waals surface area contributed by atoms with Gasteiger partial charge in [0.15, 0.2) is 0 Å². The molecule has 0 fully saturated rings. The molecule has 0 heterocycles. The van der Waals surface area contributed by atoms with Crippen molar-refractivity contribution in [3.8, 4) is 0 Å². The van der Waals surface area contributed by atoms with Crippen molar-refractivity contribution >= 4 is 5.69 Å². The van der Waals surface area contributed by atoms with Crippen LogP contribution < -0.4 is 0 Å². The van der Waals surface area contributed by atoms with Crippen LogP contribution in [0.15, 0.2) is 24.3 Å². The molecule has 0 radical (unpaired) electrons. The maximum atomic E-state index is 10.6. The standard InChI is InChI=1S/C13H19NO4.C2H6/c1-13(2,10-18-9-8-17-3)11-4-6-12(7-5-11)14(15)16;1-2/h4-7H,8-10H2,1-3H3;1-2H3. The van der Waals surface area contributed by atoms with E-state index in [-0.39, 0.29) is 11.1 Å². The number of methoxy groups -OCH3 is 1. The number of ether oxygens (including phenoxy) is 2. The zero-order valence-electron chi connectivity index (χ0n) is 13.0. The van der Waals surface area contributed by atoms with Crippen molar-refractivity contribution in [1.82, 2.24) is 0 Å². The summed E-state index contributed by atoms with van der Waals surface area (Å²) >= 11 is 0. The largest absolute Gasteiger partial charge is 0.382 e. The molecule has 0 spiro atoms. The summed E-state index contributed by atoms with van der Waals surface area (Å²) < 4.78 is 10.4. The third-order valence-electron chi connectivity index (χ3n) is 2.75. The van der Waals surface area contributed by atoms with Crippen molar-refractivity contribution < 1.29 is 14.4 Å². The SMILES string of the molecule is CC.COCCOCC(C)(C)c1ccc([N+](=O)[O-])cc1. The second-order valence-corrected chi connectivity index (χ2v) is 4.73. The van der Waals surface area contributed by atoms with Gasteiger partial charge in [-0.05, 0) is 5.56 Å². The summed E-state index contributed by atoms with van der Waals surface area (Å²) in [5, 5.41) is 10.6. The average Bonchev–Trinajstić information content (AvgIpc) is 2.46. The van der Waals surface area contributed by atoms with Crippen LogP contribution in [0.5, 0.6) is 0 Å². The molecule has 0 aliphatic heterocycles. The van der Waals surface area contributed by atoms with Crippen LogP contribution in [0, 0.1) is 10.1 Å². The van der Waals surface area contributed by atoms with Gasteiger partial charge in [0.2, 0.25) is 0 Å². The fourth-order valence-electron chi connectivity index (χ4n) is 1.59. The van der Waals surface area contributed by atoms with Gasteiger partial charge in [0.05, 0.1) is 24.7 Å². The van der Waals surface area contributed by atoms with E-state index in [4.69, 9.17) is 9.47 Å². The Kier molecular flexibility index (Phi) is 8.76. The van der Waals surface area contributed by atoms with E-state index in [0.717, 1.165) is 5.56 Å². The van der Waals surface area contributed by atoms with Crippen LogP contribution >= 0.6 is 0 Å². The molecule has 20 heavy (non-hydrogen) atoms. The van der Waals surface area contributed by atoms with E-state index >= 15 is 0 Å². The molecule has 5 heteroatoms. The Morgan fingerprint density at radius 3 is 2.15 bits per heavy atom. The highest BCUT2D eigenvalue weighted by Gasteiger charge is 2.21. The molecule has 0 aromatic heterocycles. The van der Waals surface area contributed by atoms with E-state index in [2.05, 4.69) is 0 Å². The first-order valence-corrected chi connectivity index (χ1v) is 6.79. The van der Waals surface area contributed by atoms with Crippen molar-refractivity contribution in [2.45, 2.75) is 33.1 Å². The van der Waals surface area contributed by atoms with Crippen molar-refractivity contribution in [1.29, 1.82) is 0 Å². The molecule has 5 nitrogen and oxygen atoms in total. The van der Waals surface area contributed by atoms with Crippen LogP contribution in [-0.2, 0) is 14.9 Å². The quantitative estimate of drug-likeness (QED) is 0.436. The Labute approximate surface area is 121 Å². The smallest absolute Gasteiger partial charge is 0.269 e. The zero-order valence-corrected chi connectivity index (χ0v) is 13.0. The van der Waals surface area contributed by atoms with E-state index in [1.165, 1.54) is 12.1 Å². The van der Waals surface area contributed by atoms with E-state index in [1.54, 1.807) is 19.2 Å².